The number of likely N-dealkylation sites (tertiary alicyclic amines) is 1. The van der Waals surface area contributed by atoms with Crippen LogP contribution in [0.4, 0.5) is 4.79 Å². The molecule has 5 N–H and O–H groups in total. The molecule has 1 saturated heterocycles. The van der Waals surface area contributed by atoms with Crippen molar-refractivity contribution in [2.45, 2.75) is 70.5 Å². The van der Waals surface area contributed by atoms with Gasteiger partial charge in [-0.15, -0.1) is 0 Å². The Labute approximate surface area is 273 Å². The molecule has 250 valence electrons. The van der Waals surface area contributed by atoms with Gasteiger partial charge in [0.15, 0.2) is 11.5 Å². The lowest BCUT2D eigenvalue weighted by Gasteiger charge is -2.33. The van der Waals surface area contributed by atoms with E-state index in [0.717, 1.165) is 35.7 Å². The molecule has 3 aliphatic rings. The standard InChI is InChI=1S/C35H43N5O7/c1-20(2)11-27(39-35(45)40-17-22-7-8-23(12-22)18-40)32(41)37-28(15-24-16-36-26-6-4-3-5-25(24)26)33(42)38-29(34(43)44)13-21-9-10-30-31(14-21)47-19-46-30/h3-6,9-10,14,16,20,22-23,27-29,36H,7-8,11-13,15,17-19H2,1-2H3,(H,37,41)(H,38,42)(H,39,45)(H,43,44)/t22-,23+,27-,28+,29-/m0/s1. The van der Waals surface area contributed by atoms with Gasteiger partial charge < -0.3 is 40.4 Å². The molecular formula is C35H43N5O7. The number of hydrogen-bond acceptors (Lipinski definition) is 6. The Bertz CT molecular complexity index is 1630. The predicted molar refractivity (Wildman–Crippen MR) is 174 cm³/mol. The number of fused-ring (bicyclic) bond motifs is 4. The molecule has 12 nitrogen and oxygen atoms in total. The molecular weight excluding hydrogens is 602 g/mol. The normalized spacial score (nSPS) is 20.1. The number of carbonyl (C=O) groups excluding carboxylic acids is 3. The van der Waals surface area contributed by atoms with Crippen LogP contribution in [0.2, 0.25) is 0 Å². The fourth-order valence-corrected chi connectivity index (χ4v) is 7.10. The van der Waals surface area contributed by atoms with Crippen molar-refractivity contribution in [3.8, 4) is 11.5 Å². The molecule has 2 aromatic carbocycles. The SMILES string of the molecule is CC(C)C[C@H](NC(=O)N1C[C@@H]2CC[C@@H](C2)C1)C(=O)N[C@H](Cc1c[nH]c2ccccc12)C(=O)N[C@@H](Cc1ccc2c(c1)OCO2)C(=O)O. The Morgan fingerprint density at radius 3 is 2.34 bits per heavy atom. The zero-order valence-corrected chi connectivity index (χ0v) is 26.8. The topological polar surface area (TPSA) is 162 Å². The zero-order valence-electron chi connectivity index (χ0n) is 26.8. The quantitative estimate of drug-likeness (QED) is 0.201. The number of nitrogens with one attached hydrogen (secondary N) is 4. The number of carbonyl (C=O) groups is 4. The number of H-pyrrole nitrogens is 1. The number of carboxylic acids is 1. The highest BCUT2D eigenvalue weighted by molar-refractivity contribution is 5.94. The minimum atomic E-state index is -1.27. The molecule has 6 rings (SSSR count). The largest absolute Gasteiger partial charge is 0.480 e. The van der Waals surface area contributed by atoms with Crippen molar-refractivity contribution in [1.82, 2.24) is 25.8 Å². The maximum Gasteiger partial charge on any atom is 0.326 e. The number of hydrogen-bond donors (Lipinski definition) is 5. The summed E-state index contributed by atoms with van der Waals surface area (Å²) in [4.78, 5) is 58.5. The minimum Gasteiger partial charge on any atom is -0.480 e. The number of ether oxygens (including phenoxy) is 2. The number of nitrogens with zero attached hydrogens (tertiary/aromatic N) is 1. The zero-order chi connectivity index (χ0) is 33.1. The number of urea groups is 1. The monoisotopic (exact) mass is 645 g/mol. The lowest BCUT2D eigenvalue weighted by atomic mass is 9.99. The molecule has 3 heterocycles. The summed E-state index contributed by atoms with van der Waals surface area (Å²) < 4.78 is 10.8. The third kappa shape index (κ3) is 7.64. The molecule has 0 spiro atoms. The minimum absolute atomic E-state index is 0.00464. The van der Waals surface area contributed by atoms with Crippen molar-refractivity contribution < 1.29 is 33.8 Å². The summed E-state index contributed by atoms with van der Waals surface area (Å²) in [5, 5.41) is 19.5. The van der Waals surface area contributed by atoms with Crippen LogP contribution in [-0.4, -0.2) is 76.8 Å². The van der Waals surface area contributed by atoms with Gasteiger partial charge in [-0.2, -0.15) is 0 Å². The van der Waals surface area contributed by atoms with E-state index in [0.29, 0.717) is 48.4 Å². The smallest absolute Gasteiger partial charge is 0.326 e. The second-order valence-electron chi connectivity index (χ2n) is 13.5. The maximum absolute atomic E-state index is 13.9. The van der Waals surface area contributed by atoms with Crippen LogP contribution in [0.15, 0.2) is 48.7 Å². The molecule has 1 saturated carbocycles. The summed E-state index contributed by atoms with van der Waals surface area (Å²) in [6.45, 7) is 5.40. The van der Waals surface area contributed by atoms with Crippen LogP contribution in [0.25, 0.3) is 10.9 Å². The number of piperidine rings is 1. The second-order valence-corrected chi connectivity index (χ2v) is 13.5. The first kappa shape index (κ1) is 32.2. The fraction of sp³-hybridized carbons (Fsp3) is 0.486. The van der Waals surface area contributed by atoms with Crippen molar-refractivity contribution in [1.29, 1.82) is 0 Å². The van der Waals surface area contributed by atoms with Gasteiger partial charge in [-0.05, 0) is 72.8 Å². The van der Waals surface area contributed by atoms with E-state index in [1.54, 1.807) is 24.4 Å². The molecule has 0 unspecified atom stereocenters. The van der Waals surface area contributed by atoms with Crippen LogP contribution in [0.3, 0.4) is 0 Å². The van der Waals surface area contributed by atoms with Crippen LogP contribution >= 0.6 is 0 Å². The van der Waals surface area contributed by atoms with E-state index in [1.165, 1.54) is 0 Å². The Kier molecular flexibility index (Phi) is 9.55. The van der Waals surface area contributed by atoms with E-state index in [-0.39, 0.29) is 31.6 Å². The number of rotatable bonds is 12. The van der Waals surface area contributed by atoms with Crippen molar-refractivity contribution >= 4 is 34.7 Å². The molecule has 2 fully saturated rings. The number of para-hydroxylation sites is 1. The molecule has 47 heavy (non-hydrogen) atoms. The van der Waals surface area contributed by atoms with Crippen LogP contribution < -0.4 is 25.4 Å². The first-order valence-corrected chi connectivity index (χ1v) is 16.5. The fourth-order valence-electron chi connectivity index (χ4n) is 7.10. The lowest BCUT2D eigenvalue weighted by Crippen LogP contribution is -2.58. The molecule has 3 aromatic rings. The first-order chi connectivity index (χ1) is 22.6. The van der Waals surface area contributed by atoms with Gasteiger partial charge >= 0.3 is 12.0 Å². The molecule has 1 aliphatic carbocycles. The van der Waals surface area contributed by atoms with E-state index >= 15 is 0 Å². The predicted octanol–water partition coefficient (Wildman–Crippen LogP) is 3.59. The number of aliphatic carboxylic acids is 1. The molecule has 5 atom stereocenters. The molecule has 1 aromatic heterocycles. The van der Waals surface area contributed by atoms with E-state index in [2.05, 4.69) is 20.9 Å². The summed E-state index contributed by atoms with van der Waals surface area (Å²) in [5.74, 6) is -0.174. The summed E-state index contributed by atoms with van der Waals surface area (Å²) in [7, 11) is 0. The summed E-state index contributed by atoms with van der Waals surface area (Å²) in [6.07, 6.45) is 5.67. The molecule has 2 bridgehead atoms. The molecule has 4 amide bonds. The number of benzene rings is 2. The summed E-state index contributed by atoms with van der Waals surface area (Å²) >= 11 is 0. The highest BCUT2D eigenvalue weighted by Crippen LogP contribution is 2.36. The first-order valence-electron chi connectivity index (χ1n) is 16.5. The van der Waals surface area contributed by atoms with Crippen molar-refractivity contribution in [2.75, 3.05) is 19.9 Å². The van der Waals surface area contributed by atoms with E-state index in [9.17, 15) is 24.3 Å². The van der Waals surface area contributed by atoms with Crippen molar-refractivity contribution in [2.24, 2.45) is 17.8 Å². The van der Waals surface area contributed by atoms with Gasteiger partial charge in [-0.3, -0.25) is 9.59 Å². The lowest BCUT2D eigenvalue weighted by molar-refractivity contribution is -0.142. The van der Waals surface area contributed by atoms with Crippen LogP contribution in [0.1, 0.15) is 50.7 Å². The highest BCUT2D eigenvalue weighted by Gasteiger charge is 2.37. The Hall–Kier alpha value is -4.74. The third-order valence-corrected chi connectivity index (χ3v) is 9.44. The Balaban J connectivity index is 1.20. The van der Waals surface area contributed by atoms with Gasteiger partial charge in [0.2, 0.25) is 18.6 Å². The Morgan fingerprint density at radius 2 is 1.60 bits per heavy atom. The van der Waals surface area contributed by atoms with Crippen LogP contribution in [0.5, 0.6) is 11.5 Å². The van der Waals surface area contributed by atoms with Gasteiger partial charge in [-0.25, -0.2) is 9.59 Å². The van der Waals surface area contributed by atoms with Crippen molar-refractivity contribution in [3.63, 3.8) is 0 Å². The maximum atomic E-state index is 13.9. The second kappa shape index (κ2) is 13.9. The van der Waals surface area contributed by atoms with Gasteiger partial charge in [-0.1, -0.05) is 38.1 Å². The van der Waals surface area contributed by atoms with Gasteiger partial charge in [0, 0.05) is 43.0 Å². The third-order valence-electron chi connectivity index (χ3n) is 9.44. The Morgan fingerprint density at radius 1 is 0.894 bits per heavy atom. The molecule has 12 heteroatoms. The summed E-state index contributed by atoms with van der Waals surface area (Å²) in [5.41, 5.74) is 2.31. The number of carboxylic acid groups (broad SMARTS) is 1. The molecule has 0 radical (unpaired) electrons. The summed E-state index contributed by atoms with van der Waals surface area (Å²) in [6, 6.07) is 9.23. The average molecular weight is 646 g/mol. The molecule has 2 aliphatic heterocycles. The number of aromatic amines is 1. The van der Waals surface area contributed by atoms with Gasteiger partial charge in [0.25, 0.3) is 0 Å². The van der Waals surface area contributed by atoms with Gasteiger partial charge in [0.1, 0.15) is 18.1 Å². The highest BCUT2D eigenvalue weighted by atomic mass is 16.7. The van der Waals surface area contributed by atoms with Crippen LogP contribution in [0, 0.1) is 17.8 Å². The number of aromatic nitrogens is 1. The van der Waals surface area contributed by atoms with Crippen molar-refractivity contribution in [3.05, 3.63) is 59.8 Å². The van der Waals surface area contributed by atoms with Gasteiger partial charge in [0.05, 0.1) is 0 Å². The van der Waals surface area contributed by atoms with Crippen LogP contribution in [-0.2, 0) is 27.2 Å². The van der Waals surface area contributed by atoms with E-state index in [1.807, 2.05) is 43.0 Å². The van der Waals surface area contributed by atoms with E-state index < -0.39 is 35.9 Å². The average Bonchev–Trinajstić information content (AvgIpc) is 3.77. The number of amides is 4. The van der Waals surface area contributed by atoms with E-state index in [4.69, 9.17) is 9.47 Å².